The van der Waals surface area contributed by atoms with E-state index >= 15 is 0 Å². The van der Waals surface area contributed by atoms with Gasteiger partial charge < -0.3 is 0 Å². The van der Waals surface area contributed by atoms with Crippen LogP contribution in [0, 0.1) is 5.92 Å². The summed E-state index contributed by atoms with van der Waals surface area (Å²) in [6.07, 6.45) is 1.24. The number of alkyl halides is 1. The van der Waals surface area contributed by atoms with Crippen LogP contribution in [0.4, 0.5) is 0 Å². The van der Waals surface area contributed by atoms with Crippen LogP contribution in [-0.4, -0.2) is 11.1 Å². The van der Waals surface area contributed by atoms with Crippen molar-refractivity contribution >= 4 is 28.4 Å². The smallest absolute Gasteiger partial charge is 0.221 e. The summed E-state index contributed by atoms with van der Waals surface area (Å²) in [4.78, 5) is 10.2. The lowest BCUT2D eigenvalue weighted by molar-refractivity contribution is -0.111. The van der Waals surface area contributed by atoms with Gasteiger partial charge in [-0.1, -0.05) is 6.92 Å². The van der Waals surface area contributed by atoms with Gasteiger partial charge in [0.15, 0.2) is 0 Å². The lowest BCUT2D eigenvalue weighted by atomic mass is 10.1. The van der Waals surface area contributed by atoms with Crippen LogP contribution < -0.4 is 0 Å². The minimum Gasteiger partial charge on any atom is -0.281 e. The normalized spacial score (nSPS) is 13.2. The molecule has 0 aliphatic heterocycles. The van der Waals surface area contributed by atoms with Crippen LogP contribution >= 0.6 is 23.2 Å². The average Bonchev–Trinajstić information content (AvgIpc) is 1.83. The largest absolute Gasteiger partial charge is 0.281 e. The third-order valence-electron chi connectivity index (χ3n) is 1.10. The summed E-state index contributed by atoms with van der Waals surface area (Å²) in [5.41, 5.74) is 0. The Morgan fingerprint density at radius 1 is 1.67 bits per heavy atom. The van der Waals surface area contributed by atoms with Crippen molar-refractivity contribution in [2.24, 2.45) is 5.92 Å². The van der Waals surface area contributed by atoms with Crippen molar-refractivity contribution in [3.8, 4) is 0 Å². The van der Waals surface area contributed by atoms with E-state index in [4.69, 9.17) is 23.2 Å². The SMILES string of the molecule is C[C@@H](CCl)CCC(=O)Cl. The molecule has 0 unspecified atom stereocenters. The molecule has 0 bridgehead atoms. The molecule has 0 radical (unpaired) electrons. The zero-order chi connectivity index (χ0) is 7.28. The van der Waals surface area contributed by atoms with Gasteiger partial charge in [-0.3, -0.25) is 4.79 Å². The number of hydrogen-bond acceptors (Lipinski definition) is 1. The van der Waals surface area contributed by atoms with Gasteiger partial charge in [0.1, 0.15) is 0 Å². The molecule has 0 spiro atoms. The van der Waals surface area contributed by atoms with Crippen LogP contribution in [0.1, 0.15) is 19.8 Å². The first kappa shape index (κ1) is 9.25. The zero-order valence-corrected chi connectivity index (χ0v) is 6.87. The Labute approximate surface area is 65.3 Å². The third-order valence-corrected chi connectivity index (χ3v) is 1.81. The first-order chi connectivity index (χ1) is 4.16. The molecule has 0 fully saturated rings. The maximum Gasteiger partial charge on any atom is 0.221 e. The fourth-order valence-corrected chi connectivity index (χ4v) is 0.700. The van der Waals surface area contributed by atoms with Gasteiger partial charge in [-0.25, -0.2) is 0 Å². The molecular formula is C6H10Cl2O. The van der Waals surface area contributed by atoms with Crippen molar-refractivity contribution in [2.75, 3.05) is 5.88 Å². The molecule has 0 heterocycles. The van der Waals surface area contributed by atoms with Crippen molar-refractivity contribution in [3.63, 3.8) is 0 Å². The van der Waals surface area contributed by atoms with Crippen LogP contribution in [0.15, 0.2) is 0 Å². The van der Waals surface area contributed by atoms with Crippen LogP contribution in [-0.2, 0) is 4.79 Å². The van der Waals surface area contributed by atoms with Crippen molar-refractivity contribution in [1.82, 2.24) is 0 Å². The first-order valence-corrected chi connectivity index (χ1v) is 3.82. The van der Waals surface area contributed by atoms with Gasteiger partial charge in [0.05, 0.1) is 0 Å². The van der Waals surface area contributed by atoms with Crippen LogP contribution in [0.2, 0.25) is 0 Å². The zero-order valence-electron chi connectivity index (χ0n) is 5.36. The molecule has 0 aromatic heterocycles. The highest BCUT2D eigenvalue weighted by Gasteiger charge is 2.01. The van der Waals surface area contributed by atoms with Crippen molar-refractivity contribution in [3.05, 3.63) is 0 Å². The quantitative estimate of drug-likeness (QED) is 0.466. The van der Waals surface area contributed by atoms with Gasteiger partial charge in [0, 0.05) is 12.3 Å². The van der Waals surface area contributed by atoms with E-state index in [-0.39, 0.29) is 5.24 Å². The molecule has 0 rings (SSSR count). The number of halogens is 2. The number of carbonyl (C=O) groups is 1. The summed E-state index contributed by atoms with van der Waals surface area (Å²) in [5.74, 6) is 0.999. The molecule has 1 nitrogen and oxygen atoms in total. The topological polar surface area (TPSA) is 17.1 Å². The Morgan fingerprint density at radius 3 is 2.56 bits per heavy atom. The molecular weight excluding hydrogens is 159 g/mol. The molecule has 1 atom stereocenters. The van der Waals surface area contributed by atoms with Gasteiger partial charge in [-0.15, -0.1) is 11.6 Å². The lowest BCUT2D eigenvalue weighted by Crippen LogP contribution is -1.98. The lowest BCUT2D eigenvalue weighted by Gasteiger charge is -2.01. The third kappa shape index (κ3) is 6.13. The van der Waals surface area contributed by atoms with Gasteiger partial charge in [0.25, 0.3) is 0 Å². The van der Waals surface area contributed by atoms with Crippen molar-refractivity contribution in [2.45, 2.75) is 19.8 Å². The summed E-state index contributed by atoms with van der Waals surface area (Å²) >= 11 is 10.6. The Bertz CT molecular complexity index is 93.1. The van der Waals surface area contributed by atoms with Crippen LogP contribution in [0.3, 0.4) is 0 Å². The Morgan fingerprint density at radius 2 is 2.22 bits per heavy atom. The van der Waals surface area contributed by atoms with Gasteiger partial charge in [-0.05, 0) is 23.9 Å². The molecule has 3 heteroatoms. The van der Waals surface area contributed by atoms with Crippen molar-refractivity contribution < 1.29 is 4.79 Å². The second-order valence-electron chi connectivity index (χ2n) is 2.15. The minimum absolute atomic E-state index is 0.271. The summed E-state index contributed by atoms with van der Waals surface area (Å²) in [6, 6.07) is 0. The molecule has 0 aliphatic carbocycles. The minimum atomic E-state index is -0.271. The Kier molecular flexibility index (Phi) is 5.21. The highest BCUT2D eigenvalue weighted by molar-refractivity contribution is 6.63. The summed E-state index contributed by atoms with van der Waals surface area (Å²) in [7, 11) is 0. The van der Waals surface area contributed by atoms with E-state index in [9.17, 15) is 4.79 Å². The fraction of sp³-hybridized carbons (Fsp3) is 0.833. The van der Waals surface area contributed by atoms with Gasteiger partial charge in [-0.2, -0.15) is 0 Å². The molecule has 0 aromatic rings. The van der Waals surface area contributed by atoms with Crippen LogP contribution in [0.25, 0.3) is 0 Å². The van der Waals surface area contributed by atoms with E-state index in [1.54, 1.807) is 0 Å². The summed E-state index contributed by atoms with van der Waals surface area (Å²) < 4.78 is 0. The van der Waals surface area contributed by atoms with E-state index in [1.807, 2.05) is 6.92 Å². The summed E-state index contributed by atoms with van der Waals surface area (Å²) in [5, 5.41) is -0.271. The number of rotatable bonds is 4. The van der Waals surface area contributed by atoms with E-state index in [1.165, 1.54) is 0 Å². The first-order valence-electron chi connectivity index (χ1n) is 2.91. The van der Waals surface area contributed by atoms with E-state index in [0.717, 1.165) is 6.42 Å². The number of carbonyl (C=O) groups excluding carboxylic acids is 1. The van der Waals surface area contributed by atoms with E-state index < -0.39 is 0 Å². The molecule has 0 saturated carbocycles. The molecule has 0 aromatic carbocycles. The van der Waals surface area contributed by atoms with E-state index in [2.05, 4.69) is 0 Å². The monoisotopic (exact) mass is 168 g/mol. The van der Waals surface area contributed by atoms with Crippen molar-refractivity contribution in [1.29, 1.82) is 0 Å². The highest BCUT2D eigenvalue weighted by atomic mass is 35.5. The molecule has 0 aliphatic rings. The highest BCUT2D eigenvalue weighted by Crippen LogP contribution is 2.08. The maximum atomic E-state index is 10.2. The molecule has 0 saturated heterocycles. The molecule has 9 heavy (non-hydrogen) atoms. The molecule has 0 amide bonds. The van der Waals surface area contributed by atoms with E-state index in [0.29, 0.717) is 18.2 Å². The maximum absolute atomic E-state index is 10.2. The Hall–Kier alpha value is 0.250. The predicted octanol–water partition coefficient (Wildman–Crippen LogP) is 2.41. The standard InChI is InChI=1S/C6H10Cl2O/c1-5(4-7)2-3-6(8)9/h5H,2-4H2,1H3/t5-/m1/s1. The molecule has 54 valence electrons. The second-order valence-corrected chi connectivity index (χ2v) is 2.88. The average molecular weight is 169 g/mol. The second kappa shape index (κ2) is 5.07. The number of hydrogen-bond donors (Lipinski definition) is 0. The van der Waals surface area contributed by atoms with Gasteiger partial charge in [0.2, 0.25) is 5.24 Å². The molecule has 0 N–H and O–H groups in total. The van der Waals surface area contributed by atoms with Crippen LogP contribution in [0.5, 0.6) is 0 Å². The fourth-order valence-electron chi connectivity index (χ4n) is 0.437. The Balaban J connectivity index is 3.16. The van der Waals surface area contributed by atoms with Gasteiger partial charge >= 0.3 is 0 Å². The predicted molar refractivity (Wildman–Crippen MR) is 40.0 cm³/mol. The summed E-state index contributed by atoms with van der Waals surface area (Å²) in [6.45, 7) is 1.99.